The van der Waals surface area contributed by atoms with Gasteiger partial charge in [-0.25, -0.2) is 8.78 Å². The minimum absolute atomic E-state index is 0.0230. The molecule has 1 aromatic carbocycles. The lowest BCUT2D eigenvalue weighted by Gasteiger charge is -2.06. The lowest BCUT2D eigenvalue weighted by molar-refractivity contribution is 0.112. The number of halogens is 3. The van der Waals surface area contributed by atoms with Gasteiger partial charge in [-0.3, -0.25) is 4.79 Å². The minimum Gasteiger partial charge on any atom is -0.298 e. The van der Waals surface area contributed by atoms with Crippen molar-refractivity contribution in [3.05, 3.63) is 34.9 Å². The Balaban J connectivity index is 2.96. The van der Waals surface area contributed by atoms with Crippen molar-refractivity contribution in [2.45, 2.75) is 19.3 Å². The van der Waals surface area contributed by atoms with Gasteiger partial charge in [0, 0.05) is 16.5 Å². The summed E-state index contributed by atoms with van der Waals surface area (Å²) in [6, 6.07) is 4.17. The standard InChI is InChI=1S/C11H11BrF2O/c12-5-1-2-8-6-9(11(13)14)3-4-10(8)7-15/h3-4,6-7,11H,1-2,5H2. The molecule has 0 amide bonds. The van der Waals surface area contributed by atoms with Gasteiger partial charge in [0.2, 0.25) is 0 Å². The highest BCUT2D eigenvalue weighted by Crippen LogP contribution is 2.22. The Morgan fingerprint density at radius 1 is 1.40 bits per heavy atom. The molecule has 1 aromatic rings. The van der Waals surface area contributed by atoms with E-state index in [2.05, 4.69) is 15.9 Å². The predicted octanol–water partition coefficient (Wildman–Crippen LogP) is 3.76. The summed E-state index contributed by atoms with van der Waals surface area (Å²) in [5.74, 6) is 0. The first kappa shape index (κ1) is 12.3. The van der Waals surface area contributed by atoms with Gasteiger partial charge in [0.25, 0.3) is 6.43 Å². The Kier molecular flexibility index (Phi) is 4.88. The van der Waals surface area contributed by atoms with Crippen LogP contribution in [0.15, 0.2) is 18.2 Å². The molecule has 0 heterocycles. The minimum atomic E-state index is -2.48. The topological polar surface area (TPSA) is 17.1 Å². The molecule has 0 N–H and O–H groups in total. The highest BCUT2D eigenvalue weighted by molar-refractivity contribution is 9.09. The quantitative estimate of drug-likeness (QED) is 0.591. The Hall–Kier alpha value is -0.770. The lowest BCUT2D eigenvalue weighted by Crippen LogP contribution is -1.96. The zero-order valence-electron chi connectivity index (χ0n) is 8.05. The molecule has 1 nitrogen and oxygen atoms in total. The molecule has 4 heteroatoms. The molecule has 0 fully saturated rings. The molecule has 1 rings (SSSR count). The van der Waals surface area contributed by atoms with Gasteiger partial charge in [-0.05, 0) is 24.5 Å². The van der Waals surface area contributed by atoms with E-state index in [4.69, 9.17) is 0 Å². The zero-order valence-corrected chi connectivity index (χ0v) is 9.64. The van der Waals surface area contributed by atoms with Crippen LogP contribution in [0.5, 0.6) is 0 Å². The van der Waals surface area contributed by atoms with Crippen LogP contribution in [-0.2, 0) is 6.42 Å². The van der Waals surface area contributed by atoms with E-state index in [0.29, 0.717) is 23.8 Å². The Morgan fingerprint density at radius 2 is 2.13 bits per heavy atom. The van der Waals surface area contributed by atoms with Crippen molar-refractivity contribution in [3.8, 4) is 0 Å². The lowest BCUT2D eigenvalue weighted by atomic mass is 10.0. The summed E-state index contributed by atoms with van der Waals surface area (Å²) >= 11 is 3.26. The SMILES string of the molecule is O=Cc1ccc(C(F)F)cc1CCCBr. The van der Waals surface area contributed by atoms with Gasteiger partial charge in [-0.15, -0.1) is 0 Å². The normalized spacial score (nSPS) is 10.7. The fourth-order valence-electron chi connectivity index (χ4n) is 1.35. The molecule has 0 spiro atoms. The van der Waals surface area contributed by atoms with Crippen LogP contribution < -0.4 is 0 Å². The monoisotopic (exact) mass is 276 g/mol. The first-order valence-electron chi connectivity index (χ1n) is 4.61. The third-order valence-electron chi connectivity index (χ3n) is 2.13. The third kappa shape index (κ3) is 3.38. The fourth-order valence-corrected chi connectivity index (χ4v) is 1.63. The Labute approximate surface area is 95.6 Å². The van der Waals surface area contributed by atoms with E-state index in [0.717, 1.165) is 11.8 Å². The van der Waals surface area contributed by atoms with Crippen LogP contribution in [0.4, 0.5) is 8.78 Å². The summed E-state index contributed by atoms with van der Waals surface area (Å²) in [5, 5.41) is 0.796. The van der Waals surface area contributed by atoms with Crippen LogP contribution in [0, 0.1) is 0 Å². The highest BCUT2D eigenvalue weighted by Gasteiger charge is 2.10. The third-order valence-corrected chi connectivity index (χ3v) is 2.69. The second-order valence-electron chi connectivity index (χ2n) is 3.17. The zero-order chi connectivity index (χ0) is 11.3. The smallest absolute Gasteiger partial charge is 0.263 e. The first-order valence-corrected chi connectivity index (χ1v) is 5.73. The van der Waals surface area contributed by atoms with Gasteiger partial charge < -0.3 is 0 Å². The van der Waals surface area contributed by atoms with Gasteiger partial charge in [0.15, 0.2) is 0 Å². The Morgan fingerprint density at radius 3 is 2.67 bits per heavy atom. The van der Waals surface area contributed by atoms with Crippen molar-refractivity contribution in [3.63, 3.8) is 0 Å². The second kappa shape index (κ2) is 5.95. The maximum absolute atomic E-state index is 12.4. The number of carbonyl (C=O) groups is 1. The van der Waals surface area contributed by atoms with Crippen LogP contribution >= 0.6 is 15.9 Å². The fraction of sp³-hybridized carbons (Fsp3) is 0.364. The van der Waals surface area contributed by atoms with Crippen LogP contribution in [0.3, 0.4) is 0 Å². The maximum Gasteiger partial charge on any atom is 0.263 e. The van der Waals surface area contributed by atoms with Crippen molar-refractivity contribution in [2.75, 3.05) is 5.33 Å². The Bertz CT molecular complexity index is 339. The number of rotatable bonds is 5. The van der Waals surface area contributed by atoms with E-state index in [1.807, 2.05) is 0 Å². The molecule has 82 valence electrons. The molecule has 15 heavy (non-hydrogen) atoms. The van der Waals surface area contributed by atoms with E-state index in [1.54, 1.807) is 0 Å². The molecule has 0 bridgehead atoms. The molecule has 0 saturated heterocycles. The number of carbonyl (C=O) groups excluding carboxylic acids is 1. The number of aldehydes is 1. The molecule has 0 saturated carbocycles. The number of aryl methyl sites for hydroxylation is 1. The molecule has 0 aromatic heterocycles. The van der Waals surface area contributed by atoms with E-state index in [9.17, 15) is 13.6 Å². The van der Waals surface area contributed by atoms with Gasteiger partial charge in [-0.2, -0.15) is 0 Å². The summed E-state index contributed by atoms with van der Waals surface area (Å²) in [5.41, 5.74) is 1.17. The van der Waals surface area contributed by atoms with E-state index >= 15 is 0 Å². The summed E-state index contributed by atoms with van der Waals surface area (Å²) < 4.78 is 24.8. The molecule has 0 aliphatic heterocycles. The number of hydrogen-bond acceptors (Lipinski definition) is 1. The first-order chi connectivity index (χ1) is 7.19. The van der Waals surface area contributed by atoms with Gasteiger partial charge in [0.05, 0.1) is 0 Å². The van der Waals surface area contributed by atoms with Crippen LogP contribution in [0.25, 0.3) is 0 Å². The van der Waals surface area contributed by atoms with Crippen molar-refractivity contribution in [1.29, 1.82) is 0 Å². The summed E-state index contributed by atoms with van der Waals surface area (Å²) in [7, 11) is 0. The van der Waals surface area contributed by atoms with Crippen LogP contribution in [0.2, 0.25) is 0 Å². The van der Waals surface area contributed by atoms with Gasteiger partial charge in [-0.1, -0.05) is 28.1 Å². The average molecular weight is 277 g/mol. The molecular weight excluding hydrogens is 266 g/mol. The number of benzene rings is 1. The van der Waals surface area contributed by atoms with E-state index in [-0.39, 0.29) is 5.56 Å². The van der Waals surface area contributed by atoms with Crippen molar-refractivity contribution in [1.82, 2.24) is 0 Å². The van der Waals surface area contributed by atoms with Crippen molar-refractivity contribution >= 4 is 22.2 Å². The van der Waals surface area contributed by atoms with Crippen molar-refractivity contribution < 1.29 is 13.6 Å². The van der Waals surface area contributed by atoms with Gasteiger partial charge in [0.1, 0.15) is 6.29 Å². The van der Waals surface area contributed by atoms with Gasteiger partial charge >= 0.3 is 0 Å². The molecular formula is C11H11BrF2O. The summed E-state index contributed by atoms with van der Waals surface area (Å²) in [4.78, 5) is 10.7. The van der Waals surface area contributed by atoms with Crippen LogP contribution in [0.1, 0.15) is 34.3 Å². The molecule has 0 atom stereocenters. The average Bonchev–Trinajstić information content (AvgIpc) is 2.25. The molecule has 0 radical (unpaired) electrons. The summed E-state index contributed by atoms with van der Waals surface area (Å²) in [6.07, 6.45) is -0.305. The predicted molar refractivity (Wildman–Crippen MR) is 58.9 cm³/mol. The van der Waals surface area contributed by atoms with Crippen LogP contribution in [-0.4, -0.2) is 11.6 Å². The van der Waals surface area contributed by atoms with Crippen molar-refractivity contribution in [2.24, 2.45) is 0 Å². The molecule has 0 aliphatic carbocycles. The highest BCUT2D eigenvalue weighted by atomic mass is 79.9. The maximum atomic E-state index is 12.4. The summed E-state index contributed by atoms with van der Waals surface area (Å²) in [6.45, 7) is 0. The molecule has 0 unspecified atom stereocenters. The number of hydrogen-bond donors (Lipinski definition) is 0. The number of alkyl halides is 3. The largest absolute Gasteiger partial charge is 0.298 e. The van der Waals surface area contributed by atoms with E-state index < -0.39 is 6.43 Å². The van der Waals surface area contributed by atoms with E-state index in [1.165, 1.54) is 18.2 Å². The second-order valence-corrected chi connectivity index (χ2v) is 3.96. The molecule has 0 aliphatic rings.